The van der Waals surface area contributed by atoms with Gasteiger partial charge in [-0.05, 0) is 48.5 Å². The molecule has 160 valence electrons. The number of hydrogen-bond acceptors (Lipinski definition) is 3. The molecule has 0 radical (unpaired) electrons. The van der Waals surface area contributed by atoms with Crippen LogP contribution in [-0.4, -0.2) is 18.8 Å². The normalized spacial score (nSPS) is 42.9. The fraction of sp³-hybridized carbons (Fsp3) is 0.920. The minimum absolute atomic E-state index is 0.0288. The first-order valence-corrected chi connectivity index (χ1v) is 12.3. The summed E-state index contributed by atoms with van der Waals surface area (Å²) in [6, 6.07) is 0. The van der Waals surface area contributed by atoms with Crippen LogP contribution in [0.5, 0.6) is 0 Å². The van der Waals surface area contributed by atoms with Crippen LogP contribution in [0, 0.1) is 23.2 Å². The van der Waals surface area contributed by atoms with Crippen LogP contribution < -0.4 is 5.48 Å². The Labute approximate surface area is 173 Å². The number of hydroxylamine groups is 1. The second kappa shape index (κ2) is 8.68. The monoisotopic (exact) mass is 389 g/mol. The molecule has 0 amide bonds. The molecule has 2 heterocycles. The van der Waals surface area contributed by atoms with E-state index in [-0.39, 0.29) is 5.54 Å². The summed E-state index contributed by atoms with van der Waals surface area (Å²) in [6.45, 7) is 9.21. The molecule has 0 saturated carbocycles. The Balaban J connectivity index is 1.64. The van der Waals surface area contributed by atoms with E-state index in [2.05, 4.69) is 26.3 Å². The Kier molecular flexibility index (Phi) is 6.42. The van der Waals surface area contributed by atoms with Gasteiger partial charge in [-0.3, -0.25) is 0 Å². The summed E-state index contributed by atoms with van der Waals surface area (Å²) in [5, 5.41) is 0. The summed E-state index contributed by atoms with van der Waals surface area (Å²) < 4.78 is 6.23. The molecule has 0 aromatic rings. The van der Waals surface area contributed by atoms with Gasteiger partial charge in [-0.1, -0.05) is 78.6 Å². The summed E-state index contributed by atoms with van der Waals surface area (Å²) >= 11 is 0. The molecule has 2 saturated heterocycles. The van der Waals surface area contributed by atoms with Gasteiger partial charge in [-0.15, -0.1) is 5.48 Å². The van der Waals surface area contributed by atoms with Gasteiger partial charge in [0.15, 0.2) is 0 Å². The molecule has 0 aromatic heterocycles. The molecule has 5 atom stereocenters. The molecule has 2 fully saturated rings. The topological polar surface area (TPSA) is 30.5 Å². The second-order valence-electron chi connectivity index (χ2n) is 10.8. The molecular formula is C25H43NO2. The van der Waals surface area contributed by atoms with Crippen LogP contribution in [0.3, 0.4) is 0 Å². The maximum absolute atomic E-state index is 6.31. The third-order valence-corrected chi connectivity index (χ3v) is 8.89. The first-order valence-electron chi connectivity index (χ1n) is 12.3. The van der Waals surface area contributed by atoms with E-state index in [9.17, 15) is 0 Å². The lowest BCUT2D eigenvalue weighted by Gasteiger charge is -2.39. The quantitative estimate of drug-likeness (QED) is 0.552. The Morgan fingerprint density at radius 2 is 1.82 bits per heavy atom. The Hall–Kier alpha value is -0.540. The minimum atomic E-state index is 0.0288. The van der Waals surface area contributed by atoms with E-state index in [4.69, 9.17) is 9.57 Å². The summed E-state index contributed by atoms with van der Waals surface area (Å²) in [7, 11) is 0. The largest absolute Gasteiger partial charge is 0.412 e. The predicted molar refractivity (Wildman–Crippen MR) is 115 cm³/mol. The van der Waals surface area contributed by atoms with Gasteiger partial charge in [0.1, 0.15) is 5.76 Å². The average molecular weight is 390 g/mol. The SMILES string of the molecule is CCC1(C)CC2=C3ONC4(CCCCCCCCCC1C)COCC(C2)CC34. The van der Waals surface area contributed by atoms with Gasteiger partial charge in [0, 0.05) is 12.5 Å². The number of ether oxygens (including phenoxy) is 1. The first-order chi connectivity index (χ1) is 13.6. The van der Waals surface area contributed by atoms with E-state index in [1.54, 1.807) is 5.57 Å². The van der Waals surface area contributed by atoms with Crippen LogP contribution in [0.4, 0.5) is 0 Å². The van der Waals surface area contributed by atoms with Gasteiger partial charge < -0.3 is 9.57 Å². The summed E-state index contributed by atoms with van der Waals surface area (Å²) in [5.41, 5.74) is 5.57. The molecule has 4 aliphatic rings. The maximum atomic E-state index is 6.31. The summed E-state index contributed by atoms with van der Waals surface area (Å²) in [5.74, 6) is 3.32. The molecule has 5 bridgehead atoms. The van der Waals surface area contributed by atoms with Crippen molar-refractivity contribution in [2.24, 2.45) is 23.2 Å². The summed E-state index contributed by atoms with van der Waals surface area (Å²) in [4.78, 5) is 6.31. The molecule has 3 nitrogen and oxygen atoms in total. The zero-order chi connectivity index (χ0) is 19.6. The lowest BCUT2D eigenvalue weighted by Crippen LogP contribution is -2.48. The molecule has 2 aliphatic carbocycles. The maximum Gasteiger partial charge on any atom is 0.128 e. The van der Waals surface area contributed by atoms with Gasteiger partial charge in [-0.25, -0.2) is 0 Å². The number of fused-ring (bicyclic) bond motifs is 1. The van der Waals surface area contributed by atoms with E-state index < -0.39 is 0 Å². The van der Waals surface area contributed by atoms with Crippen molar-refractivity contribution in [2.75, 3.05) is 13.2 Å². The predicted octanol–water partition coefficient (Wildman–Crippen LogP) is 6.54. The van der Waals surface area contributed by atoms with Crippen LogP contribution in [0.1, 0.15) is 104 Å². The minimum Gasteiger partial charge on any atom is -0.412 e. The average Bonchev–Trinajstić information content (AvgIpc) is 2.98. The van der Waals surface area contributed by atoms with Gasteiger partial charge in [-0.2, -0.15) is 0 Å². The van der Waals surface area contributed by atoms with Crippen LogP contribution in [0.2, 0.25) is 0 Å². The van der Waals surface area contributed by atoms with Crippen molar-refractivity contribution >= 4 is 0 Å². The van der Waals surface area contributed by atoms with Crippen LogP contribution in [0.15, 0.2) is 11.3 Å². The number of nitrogens with one attached hydrogen (secondary N) is 1. The third kappa shape index (κ3) is 4.03. The lowest BCUT2D eigenvalue weighted by atomic mass is 9.65. The van der Waals surface area contributed by atoms with Crippen molar-refractivity contribution in [3.63, 3.8) is 0 Å². The molecule has 0 spiro atoms. The molecule has 28 heavy (non-hydrogen) atoms. The van der Waals surface area contributed by atoms with Gasteiger partial charge in [0.05, 0.1) is 12.1 Å². The van der Waals surface area contributed by atoms with Crippen LogP contribution >= 0.6 is 0 Å². The standard InChI is InChI=1S/C25H43NO2/c1-4-24(3)16-21-14-20-15-22-23(21)28-26-25(22,18-27-17-20)13-11-9-7-5-6-8-10-12-19(24)2/h19-20,22,26H,4-18H2,1-3H3. The van der Waals surface area contributed by atoms with E-state index in [0.29, 0.717) is 17.3 Å². The Morgan fingerprint density at radius 1 is 1.07 bits per heavy atom. The highest BCUT2D eigenvalue weighted by molar-refractivity contribution is 5.26. The Morgan fingerprint density at radius 3 is 2.61 bits per heavy atom. The number of allylic oxidation sites excluding steroid dienone is 1. The van der Waals surface area contributed by atoms with E-state index in [0.717, 1.165) is 19.1 Å². The highest BCUT2D eigenvalue weighted by Gasteiger charge is 2.53. The Bertz CT molecular complexity index is 573. The second-order valence-corrected chi connectivity index (χ2v) is 10.8. The third-order valence-electron chi connectivity index (χ3n) is 8.89. The van der Waals surface area contributed by atoms with E-state index in [1.165, 1.54) is 89.2 Å². The molecule has 4 rings (SSSR count). The fourth-order valence-corrected chi connectivity index (χ4v) is 6.45. The highest BCUT2D eigenvalue weighted by atomic mass is 16.7. The smallest absolute Gasteiger partial charge is 0.128 e. The zero-order valence-electron chi connectivity index (χ0n) is 18.7. The lowest BCUT2D eigenvalue weighted by molar-refractivity contribution is 0.0112. The highest BCUT2D eigenvalue weighted by Crippen LogP contribution is 2.52. The zero-order valence-corrected chi connectivity index (χ0v) is 18.7. The molecule has 0 aromatic carbocycles. The van der Waals surface area contributed by atoms with E-state index >= 15 is 0 Å². The van der Waals surface area contributed by atoms with Gasteiger partial charge in [0.25, 0.3) is 0 Å². The molecule has 3 heteroatoms. The first kappa shape index (κ1) is 20.7. The molecule has 5 unspecified atom stereocenters. The molecule has 1 N–H and O–H groups in total. The van der Waals surface area contributed by atoms with Crippen molar-refractivity contribution in [3.05, 3.63) is 11.3 Å². The van der Waals surface area contributed by atoms with Crippen molar-refractivity contribution in [3.8, 4) is 0 Å². The van der Waals surface area contributed by atoms with Crippen molar-refractivity contribution in [1.29, 1.82) is 0 Å². The number of rotatable bonds is 1. The fourth-order valence-electron chi connectivity index (χ4n) is 6.45. The van der Waals surface area contributed by atoms with Gasteiger partial charge in [0.2, 0.25) is 0 Å². The van der Waals surface area contributed by atoms with E-state index in [1.807, 2.05) is 0 Å². The molecular weight excluding hydrogens is 346 g/mol. The van der Waals surface area contributed by atoms with Crippen molar-refractivity contribution < 1.29 is 9.57 Å². The van der Waals surface area contributed by atoms with Crippen molar-refractivity contribution in [1.82, 2.24) is 5.48 Å². The summed E-state index contributed by atoms with van der Waals surface area (Å²) in [6.07, 6.45) is 17.2. The van der Waals surface area contributed by atoms with Crippen LogP contribution in [-0.2, 0) is 9.57 Å². The molecule has 2 aliphatic heterocycles. The van der Waals surface area contributed by atoms with Gasteiger partial charge >= 0.3 is 0 Å². The van der Waals surface area contributed by atoms with Crippen LogP contribution in [0.25, 0.3) is 0 Å². The van der Waals surface area contributed by atoms with Crippen molar-refractivity contribution in [2.45, 2.75) is 110 Å². The number of hydrogen-bond donors (Lipinski definition) is 1.